The second-order valence-electron chi connectivity index (χ2n) is 6.51. The Balaban J connectivity index is 1.51. The van der Waals surface area contributed by atoms with Gasteiger partial charge in [0, 0.05) is 12.5 Å². The Morgan fingerprint density at radius 2 is 1.88 bits per heavy atom. The molecule has 1 aromatic rings. The fourth-order valence-electron chi connectivity index (χ4n) is 3.70. The molecule has 0 aliphatic carbocycles. The molecule has 25 heavy (non-hydrogen) atoms. The zero-order valence-electron chi connectivity index (χ0n) is 13.4. The molecule has 2 bridgehead atoms. The molecular weight excluding hydrogens is 370 g/mol. The van der Waals surface area contributed by atoms with Crippen LogP contribution in [0.15, 0.2) is 0 Å². The molecule has 3 aliphatic rings. The van der Waals surface area contributed by atoms with Crippen molar-refractivity contribution in [3.05, 3.63) is 10.0 Å². The maximum atomic E-state index is 12.5. The lowest BCUT2D eigenvalue weighted by Crippen LogP contribution is -2.35. The van der Waals surface area contributed by atoms with Gasteiger partial charge in [0.2, 0.25) is 0 Å². The van der Waals surface area contributed by atoms with Crippen molar-refractivity contribution in [2.45, 2.75) is 43.7 Å². The summed E-state index contributed by atoms with van der Waals surface area (Å²) < 4.78 is 35.2. The van der Waals surface area contributed by atoms with E-state index in [2.05, 4.69) is 19.8 Å². The highest BCUT2D eigenvalue weighted by atomic mass is 32.3. The molecule has 2 amide bonds. The van der Waals surface area contributed by atoms with Crippen molar-refractivity contribution in [3.63, 3.8) is 0 Å². The van der Waals surface area contributed by atoms with Crippen molar-refractivity contribution in [2.24, 2.45) is 0 Å². The lowest BCUT2D eigenvalue weighted by atomic mass is 9.99. The fourth-order valence-corrected chi connectivity index (χ4v) is 5.25. The lowest BCUT2D eigenvalue weighted by Gasteiger charge is -2.28. The molecule has 138 valence electrons. The van der Waals surface area contributed by atoms with Crippen molar-refractivity contribution in [1.29, 1.82) is 0 Å². The first-order valence-electron chi connectivity index (χ1n) is 8.23. The van der Waals surface area contributed by atoms with Crippen molar-refractivity contribution in [3.8, 4) is 0 Å². The van der Waals surface area contributed by atoms with Crippen LogP contribution in [0.4, 0.5) is 4.79 Å². The first-order valence-corrected chi connectivity index (χ1v) is 10.4. The summed E-state index contributed by atoms with van der Waals surface area (Å²) in [4.78, 5) is 14.0. The molecule has 10 nitrogen and oxygen atoms in total. The van der Waals surface area contributed by atoms with Crippen LogP contribution in [0, 0.1) is 0 Å². The molecule has 1 unspecified atom stereocenters. The van der Waals surface area contributed by atoms with Crippen LogP contribution in [-0.4, -0.2) is 64.8 Å². The first-order chi connectivity index (χ1) is 11.9. The molecule has 2 N–H and O–H groups in total. The first kappa shape index (κ1) is 17.1. The monoisotopic (exact) mass is 389 g/mol. The highest BCUT2D eigenvalue weighted by Gasteiger charge is 2.48. The Labute approximate surface area is 149 Å². The smallest absolute Gasteiger partial charge is 0.317 e. The van der Waals surface area contributed by atoms with Crippen LogP contribution < -0.4 is 5.32 Å². The van der Waals surface area contributed by atoms with Crippen LogP contribution in [0.3, 0.4) is 0 Å². The van der Waals surface area contributed by atoms with Gasteiger partial charge in [-0.1, -0.05) is 11.3 Å². The molecule has 1 aromatic heterocycles. The van der Waals surface area contributed by atoms with Gasteiger partial charge in [0.15, 0.2) is 0 Å². The Kier molecular flexibility index (Phi) is 4.40. The normalized spacial score (nSPS) is 28.0. The summed E-state index contributed by atoms with van der Waals surface area (Å²) in [5, 5.41) is 14.5. The van der Waals surface area contributed by atoms with Crippen LogP contribution in [0.5, 0.6) is 0 Å². The number of nitrogens with zero attached hydrogens (tertiary/aromatic N) is 4. The van der Waals surface area contributed by atoms with E-state index >= 15 is 0 Å². The molecule has 2 atom stereocenters. The Hall–Kier alpha value is -1.34. The van der Waals surface area contributed by atoms with Gasteiger partial charge in [-0.15, -0.1) is 14.5 Å². The molecule has 0 aromatic carbocycles. The van der Waals surface area contributed by atoms with Gasteiger partial charge in [-0.3, -0.25) is 4.55 Å². The molecule has 0 spiro atoms. The maximum absolute atomic E-state index is 12.5. The topological polar surface area (TPSA) is 125 Å². The van der Waals surface area contributed by atoms with Crippen LogP contribution in [0.1, 0.15) is 47.7 Å². The molecule has 0 radical (unpaired) electrons. The molecule has 3 saturated heterocycles. The van der Waals surface area contributed by atoms with E-state index in [1.54, 1.807) is 4.90 Å². The molecule has 4 heterocycles. The van der Waals surface area contributed by atoms with Gasteiger partial charge in [0.05, 0.1) is 12.1 Å². The number of carbonyl (C=O) groups is 1. The maximum Gasteiger partial charge on any atom is 0.418 e. The number of amides is 2. The summed E-state index contributed by atoms with van der Waals surface area (Å²) in [5.74, 6) is 0.400. The number of carbonyl (C=O) groups excluding carboxylic acids is 1. The lowest BCUT2D eigenvalue weighted by molar-refractivity contribution is -0.0317. The number of piperidine rings is 2. The van der Waals surface area contributed by atoms with E-state index in [1.165, 1.54) is 11.3 Å². The van der Waals surface area contributed by atoms with Crippen molar-refractivity contribution < 1.29 is 22.0 Å². The van der Waals surface area contributed by atoms with Gasteiger partial charge in [0.1, 0.15) is 10.0 Å². The Bertz CT molecular complexity index is 763. The van der Waals surface area contributed by atoms with Crippen LogP contribution >= 0.6 is 11.3 Å². The molecule has 3 aliphatic heterocycles. The summed E-state index contributed by atoms with van der Waals surface area (Å²) in [6.07, 6.45) is 3.28. The van der Waals surface area contributed by atoms with E-state index in [0.717, 1.165) is 41.0 Å². The minimum absolute atomic E-state index is 0.230. The number of hydrogen-bond acceptors (Lipinski definition) is 8. The van der Waals surface area contributed by atoms with E-state index in [9.17, 15) is 13.2 Å². The fraction of sp³-hybridized carbons (Fsp3) is 0.769. The van der Waals surface area contributed by atoms with Crippen molar-refractivity contribution >= 4 is 27.8 Å². The number of urea groups is 1. The number of nitrogens with one attached hydrogen (secondary N) is 1. The predicted molar refractivity (Wildman–Crippen MR) is 87.1 cm³/mol. The van der Waals surface area contributed by atoms with E-state index in [0.29, 0.717) is 25.3 Å². The molecule has 12 heteroatoms. The Morgan fingerprint density at radius 3 is 2.60 bits per heavy atom. The van der Waals surface area contributed by atoms with E-state index < -0.39 is 16.4 Å². The quantitative estimate of drug-likeness (QED) is 0.720. The third-order valence-electron chi connectivity index (χ3n) is 4.93. The Morgan fingerprint density at radius 1 is 1.16 bits per heavy atom. The highest BCUT2D eigenvalue weighted by Crippen LogP contribution is 2.40. The zero-order chi connectivity index (χ0) is 17.6. The van der Waals surface area contributed by atoms with Crippen LogP contribution in [0.2, 0.25) is 0 Å². The summed E-state index contributed by atoms with van der Waals surface area (Å²) in [7, 11) is -4.72. The average molecular weight is 389 g/mol. The third-order valence-corrected chi connectivity index (χ3v) is 6.46. The largest absolute Gasteiger partial charge is 0.418 e. The summed E-state index contributed by atoms with van der Waals surface area (Å²) in [5.41, 5.74) is 0. The molecule has 3 fully saturated rings. The predicted octanol–water partition coefficient (Wildman–Crippen LogP) is 0.681. The van der Waals surface area contributed by atoms with E-state index in [-0.39, 0.29) is 12.1 Å². The second-order valence-corrected chi connectivity index (χ2v) is 8.56. The van der Waals surface area contributed by atoms with Gasteiger partial charge in [0.25, 0.3) is 0 Å². The summed E-state index contributed by atoms with van der Waals surface area (Å²) >= 11 is 1.53. The molecular formula is C13H19N5O5S2. The van der Waals surface area contributed by atoms with Gasteiger partial charge in [-0.25, -0.2) is 4.79 Å². The van der Waals surface area contributed by atoms with Gasteiger partial charge >= 0.3 is 16.4 Å². The highest BCUT2D eigenvalue weighted by molar-refractivity contribution is 7.80. The molecule has 4 rings (SSSR count). The SMILES string of the molecule is O=C1N(OS(=O)(=O)O)C2CC[C@@H](c3nnc(C4CCNCC4)s3)N1C2. The van der Waals surface area contributed by atoms with Crippen molar-refractivity contribution in [2.75, 3.05) is 19.6 Å². The third kappa shape index (κ3) is 3.36. The second kappa shape index (κ2) is 6.43. The summed E-state index contributed by atoms with van der Waals surface area (Å²) in [6, 6.07) is -1.18. The summed E-state index contributed by atoms with van der Waals surface area (Å²) in [6.45, 7) is 2.29. The number of rotatable bonds is 4. The molecule has 0 saturated carbocycles. The number of hydroxylamine groups is 2. The van der Waals surface area contributed by atoms with E-state index in [1.807, 2.05) is 0 Å². The van der Waals surface area contributed by atoms with E-state index in [4.69, 9.17) is 4.55 Å². The van der Waals surface area contributed by atoms with Gasteiger partial charge < -0.3 is 10.2 Å². The van der Waals surface area contributed by atoms with Crippen molar-refractivity contribution in [1.82, 2.24) is 25.5 Å². The average Bonchev–Trinajstić information content (AvgIpc) is 3.16. The van der Waals surface area contributed by atoms with Crippen LogP contribution in [0.25, 0.3) is 0 Å². The minimum Gasteiger partial charge on any atom is -0.317 e. The number of aromatic nitrogens is 2. The number of fused-ring (bicyclic) bond motifs is 2. The standard InChI is InChI=1S/C13H19N5O5S2/c19-13-17-7-9(18(13)23-25(20,21)22)1-2-10(17)12-16-15-11(24-12)8-3-5-14-6-4-8/h8-10,14H,1-7H2,(H,20,21,22)/t9?,10-/m0/s1. The van der Waals surface area contributed by atoms with Gasteiger partial charge in [-0.05, 0) is 38.8 Å². The number of hydrogen-bond donors (Lipinski definition) is 2. The van der Waals surface area contributed by atoms with Crippen LogP contribution in [-0.2, 0) is 14.7 Å². The zero-order valence-corrected chi connectivity index (χ0v) is 15.0. The van der Waals surface area contributed by atoms with Gasteiger partial charge in [-0.2, -0.15) is 13.5 Å². The minimum atomic E-state index is -4.72.